The van der Waals surface area contributed by atoms with Crippen LogP contribution in [0, 0.1) is 5.82 Å². The van der Waals surface area contributed by atoms with Crippen LogP contribution in [0.15, 0.2) is 24.3 Å². The maximum atomic E-state index is 12.7. The van der Waals surface area contributed by atoms with Crippen molar-refractivity contribution in [2.45, 2.75) is 25.3 Å². The Labute approximate surface area is 105 Å². The van der Waals surface area contributed by atoms with Crippen LogP contribution < -0.4 is 5.32 Å². The van der Waals surface area contributed by atoms with Gasteiger partial charge in [0.05, 0.1) is 12.6 Å². The van der Waals surface area contributed by atoms with Crippen LogP contribution in [0.25, 0.3) is 0 Å². The van der Waals surface area contributed by atoms with Crippen molar-refractivity contribution >= 4 is 11.7 Å². The first kappa shape index (κ1) is 12.8. The number of aliphatic hydroxyl groups excluding tert-OH is 1. The quantitative estimate of drug-likeness (QED) is 0.847. The van der Waals surface area contributed by atoms with E-state index in [9.17, 15) is 14.3 Å². The van der Waals surface area contributed by atoms with E-state index in [1.54, 1.807) is 4.90 Å². The van der Waals surface area contributed by atoms with Gasteiger partial charge in [-0.15, -0.1) is 0 Å². The van der Waals surface area contributed by atoms with Gasteiger partial charge in [0.15, 0.2) is 0 Å². The monoisotopic (exact) mass is 252 g/mol. The average molecular weight is 252 g/mol. The molecule has 1 fully saturated rings. The number of piperidine rings is 1. The molecule has 1 saturated heterocycles. The van der Waals surface area contributed by atoms with E-state index in [-0.39, 0.29) is 24.5 Å². The zero-order valence-electron chi connectivity index (χ0n) is 10.1. The van der Waals surface area contributed by atoms with Crippen molar-refractivity contribution in [2.24, 2.45) is 0 Å². The van der Waals surface area contributed by atoms with E-state index < -0.39 is 0 Å². The molecule has 0 bridgehead atoms. The molecule has 98 valence electrons. The van der Waals surface area contributed by atoms with Gasteiger partial charge in [0.2, 0.25) is 0 Å². The van der Waals surface area contributed by atoms with Crippen molar-refractivity contribution in [2.75, 3.05) is 18.5 Å². The summed E-state index contributed by atoms with van der Waals surface area (Å²) >= 11 is 0. The summed E-state index contributed by atoms with van der Waals surface area (Å²) in [6.07, 6.45) is 2.81. The van der Waals surface area contributed by atoms with E-state index in [1.165, 1.54) is 24.3 Å². The molecule has 0 aromatic heterocycles. The molecule has 0 radical (unpaired) electrons. The molecule has 1 atom stereocenters. The van der Waals surface area contributed by atoms with Crippen molar-refractivity contribution in [3.05, 3.63) is 30.1 Å². The van der Waals surface area contributed by atoms with Crippen molar-refractivity contribution < 1.29 is 14.3 Å². The predicted molar refractivity (Wildman–Crippen MR) is 66.8 cm³/mol. The molecule has 1 unspecified atom stereocenters. The average Bonchev–Trinajstić information content (AvgIpc) is 2.41. The van der Waals surface area contributed by atoms with Crippen LogP contribution in [0.2, 0.25) is 0 Å². The molecule has 1 aromatic rings. The van der Waals surface area contributed by atoms with Crippen LogP contribution in [0.3, 0.4) is 0 Å². The van der Waals surface area contributed by atoms with E-state index in [0.29, 0.717) is 12.2 Å². The fraction of sp³-hybridized carbons (Fsp3) is 0.462. The second-order valence-corrected chi connectivity index (χ2v) is 4.46. The molecule has 2 amide bonds. The number of urea groups is 1. The van der Waals surface area contributed by atoms with E-state index in [4.69, 9.17) is 0 Å². The van der Waals surface area contributed by atoms with Gasteiger partial charge in [-0.05, 0) is 43.5 Å². The highest BCUT2D eigenvalue weighted by molar-refractivity contribution is 5.89. The molecule has 1 aromatic carbocycles. The Morgan fingerprint density at radius 3 is 2.78 bits per heavy atom. The minimum Gasteiger partial charge on any atom is -0.394 e. The van der Waals surface area contributed by atoms with Crippen molar-refractivity contribution in [1.82, 2.24) is 4.90 Å². The van der Waals surface area contributed by atoms with Crippen LogP contribution in [0.5, 0.6) is 0 Å². The molecule has 2 rings (SSSR count). The molecular weight excluding hydrogens is 235 g/mol. The number of amides is 2. The predicted octanol–water partition coefficient (Wildman–Crippen LogP) is 2.20. The molecule has 1 heterocycles. The van der Waals surface area contributed by atoms with Gasteiger partial charge >= 0.3 is 6.03 Å². The van der Waals surface area contributed by atoms with E-state index in [0.717, 1.165) is 19.3 Å². The number of aliphatic hydroxyl groups is 1. The van der Waals surface area contributed by atoms with Crippen LogP contribution >= 0.6 is 0 Å². The summed E-state index contributed by atoms with van der Waals surface area (Å²) in [4.78, 5) is 13.7. The Kier molecular flexibility index (Phi) is 4.15. The standard InChI is InChI=1S/C13H17FN2O2/c14-10-4-6-11(7-5-10)15-13(18)16-8-2-1-3-12(16)9-17/h4-7,12,17H,1-3,8-9H2,(H,15,18). The number of halogens is 1. The van der Waals surface area contributed by atoms with Crippen LogP contribution in [-0.4, -0.2) is 35.2 Å². The highest BCUT2D eigenvalue weighted by Gasteiger charge is 2.25. The summed E-state index contributed by atoms with van der Waals surface area (Å²) in [6, 6.07) is 5.29. The Hall–Kier alpha value is -1.62. The lowest BCUT2D eigenvalue weighted by Gasteiger charge is -2.34. The van der Waals surface area contributed by atoms with Gasteiger partial charge in [-0.2, -0.15) is 0 Å². The lowest BCUT2D eigenvalue weighted by molar-refractivity contribution is 0.115. The van der Waals surface area contributed by atoms with Gasteiger partial charge in [0, 0.05) is 12.2 Å². The lowest BCUT2D eigenvalue weighted by atomic mass is 10.0. The third-order valence-electron chi connectivity index (χ3n) is 3.19. The van der Waals surface area contributed by atoms with Gasteiger partial charge in [-0.1, -0.05) is 0 Å². The van der Waals surface area contributed by atoms with E-state index in [2.05, 4.69) is 5.32 Å². The third kappa shape index (κ3) is 2.98. The Balaban J connectivity index is 2.00. The SMILES string of the molecule is O=C(Nc1ccc(F)cc1)N1CCCCC1CO. The van der Waals surface area contributed by atoms with Gasteiger partial charge in [0.1, 0.15) is 5.82 Å². The van der Waals surface area contributed by atoms with Gasteiger partial charge in [0.25, 0.3) is 0 Å². The normalized spacial score (nSPS) is 19.7. The zero-order chi connectivity index (χ0) is 13.0. The van der Waals surface area contributed by atoms with Gasteiger partial charge < -0.3 is 15.3 Å². The number of anilines is 1. The molecule has 18 heavy (non-hydrogen) atoms. The minimum atomic E-state index is -0.334. The number of carbonyl (C=O) groups is 1. The van der Waals surface area contributed by atoms with Gasteiger partial charge in [-0.25, -0.2) is 9.18 Å². The van der Waals surface area contributed by atoms with Crippen molar-refractivity contribution in [1.29, 1.82) is 0 Å². The first-order chi connectivity index (χ1) is 8.70. The molecule has 2 N–H and O–H groups in total. The van der Waals surface area contributed by atoms with E-state index in [1.807, 2.05) is 0 Å². The summed E-state index contributed by atoms with van der Waals surface area (Å²) in [5.41, 5.74) is 0.559. The lowest BCUT2D eigenvalue weighted by Crippen LogP contribution is -2.47. The largest absolute Gasteiger partial charge is 0.394 e. The van der Waals surface area contributed by atoms with Crippen LogP contribution in [-0.2, 0) is 0 Å². The molecule has 4 nitrogen and oxygen atoms in total. The highest BCUT2D eigenvalue weighted by atomic mass is 19.1. The second kappa shape index (κ2) is 5.82. The summed E-state index contributed by atoms with van der Waals surface area (Å²) in [5.74, 6) is -0.334. The Morgan fingerprint density at radius 1 is 1.39 bits per heavy atom. The zero-order valence-corrected chi connectivity index (χ0v) is 10.1. The number of likely N-dealkylation sites (tertiary alicyclic amines) is 1. The molecule has 0 saturated carbocycles. The Bertz CT molecular complexity index is 408. The van der Waals surface area contributed by atoms with Crippen LogP contribution in [0.1, 0.15) is 19.3 Å². The second-order valence-electron chi connectivity index (χ2n) is 4.46. The molecule has 0 aliphatic carbocycles. The molecule has 0 spiro atoms. The topological polar surface area (TPSA) is 52.6 Å². The number of hydrogen-bond acceptors (Lipinski definition) is 2. The number of rotatable bonds is 2. The van der Waals surface area contributed by atoms with E-state index >= 15 is 0 Å². The highest BCUT2D eigenvalue weighted by Crippen LogP contribution is 2.18. The summed E-state index contributed by atoms with van der Waals surface area (Å²) in [5, 5.41) is 12.0. The fourth-order valence-corrected chi connectivity index (χ4v) is 2.19. The number of benzene rings is 1. The van der Waals surface area contributed by atoms with Crippen molar-refractivity contribution in [3.8, 4) is 0 Å². The molecule has 5 heteroatoms. The maximum Gasteiger partial charge on any atom is 0.322 e. The number of nitrogens with zero attached hydrogens (tertiary/aromatic N) is 1. The number of carbonyl (C=O) groups excluding carboxylic acids is 1. The fourth-order valence-electron chi connectivity index (χ4n) is 2.19. The summed E-state index contributed by atoms with van der Waals surface area (Å²) in [7, 11) is 0. The smallest absolute Gasteiger partial charge is 0.322 e. The minimum absolute atomic E-state index is 0.0170. The van der Waals surface area contributed by atoms with Crippen LogP contribution in [0.4, 0.5) is 14.9 Å². The number of hydrogen-bond donors (Lipinski definition) is 2. The first-order valence-corrected chi connectivity index (χ1v) is 6.15. The maximum absolute atomic E-state index is 12.7. The molecule has 1 aliphatic rings. The third-order valence-corrected chi connectivity index (χ3v) is 3.19. The molecular formula is C13H17FN2O2. The summed E-state index contributed by atoms with van der Waals surface area (Å²) in [6.45, 7) is 0.634. The summed E-state index contributed by atoms with van der Waals surface area (Å²) < 4.78 is 12.7. The molecule has 1 aliphatic heterocycles. The van der Waals surface area contributed by atoms with Crippen molar-refractivity contribution in [3.63, 3.8) is 0 Å². The van der Waals surface area contributed by atoms with Gasteiger partial charge in [-0.3, -0.25) is 0 Å². The Morgan fingerprint density at radius 2 is 2.11 bits per heavy atom. The number of nitrogens with one attached hydrogen (secondary N) is 1. The first-order valence-electron chi connectivity index (χ1n) is 6.15.